The highest BCUT2D eigenvalue weighted by molar-refractivity contribution is 7.26. The van der Waals surface area contributed by atoms with Gasteiger partial charge in [0.1, 0.15) is 0 Å². The summed E-state index contributed by atoms with van der Waals surface area (Å²) in [5.41, 5.74) is 8.80. The smallest absolute Gasteiger partial charge is 0.197 e. The molecule has 0 aliphatic rings. The van der Waals surface area contributed by atoms with Gasteiger partial charge in [0.05, 0.1) is 23.1 Å². The Morgan fingerprint density at radius 1 is 0.548 bits per heavy atom. The second kappa shape index (κ2) is 8.57. The second-order valence-corrected chi connectivity index (χ2v) is 12.0. The molecule has 9 aromatic rings. The summed E-state index contributed by atoms with van der Waals surface area (Å²) in [7, 11) is 0. The maximum Gasteiger partial charge on any atom is 0.197 e. The van der Waals surface area contributed by atoms with E-state index in [2.05, 4.69) is 130 Å². The first-order chi connectivity index (χ1) is 20.7. The van der Waals surface area contributed by atoms with E-state index in [1.165, 1.54) is 53.2 Å². The first-order valence-corrected chi connectivity index (χ1v) is 14.9. The van der Waals surface area contributed by atoms with E-state index >= 15 is 0 Å². The number of nitrogens with zero attached hydrogens (tertiary/aromatic N) is 3. The largest absolute Gasteiger partial charge is 0.311 e. The molecule has 0 N–H and O–H groups in total. The number of hydrogen-bond donors (Lipinski definition) is 0. The molecule has 6 aromatic carbocycles. The van der Waals surface area contributed by atoms with Crippen molar-refractivity contribution in [3.8, 4) is 11.4 Å². The third-order valence-corrected chi connectivity index (χ3v) is 9.97. The molecule has 196 valence electrons. The molecule has 4 heteroatoms. The van der Waals surface area contributed by atoms with Crippen LogP contribution in [0.5, 0.6) is 0 Å². The second-order valence-electron chi connectivity index (χ2n) is 10.9. The minimum Gasteiger partial charge on any atom is -0.311 e. The molecule has 0 fully saturated rings. The van der Waals surface area contributed by atoms with Crippen molar-refractivity contribution in [1.82, 2.24) is 9.13 Å². The van der Waals surface area contributed by atoms with Crippen molar-refractivity contribution in [2.24, 2.45) is 0 Å². The van der Waals surface area contributed by atoms with Gasteiger partial charge in [-0.15, -0.1) is 11.3 Å². The summed E-state index contributed by atoms with van der Waals surface area (Å²) in [6, 6.07) is 43.4. The molecule has 0 unspecified atom stereocenters. The minimum absolute atomic E-state index is 0.687. The average molecular weight is 554 g/mol. The van der Waals surface area contributed by atoms with Gasteiger partial charge in [-0.25, -0.2) is 4.85 Å². The third kappa shape index (κ3) is 3.09. The normalized spacial score (nSPS) is 11.9. The molecule has 0 saturated heterocycles. The molecular weight excluding hydrogens is 531 g/mol. The van der Waals surface area contributed by atoms with E-state index in [9.17, 15) is 0 Å². The van der Waals surface area contributed by atoms with Gasteiger partial charge < -0.3 is 9.13 Å². The zero-order valence-corrected chi connectivity index (χ0v) is 23.6. The van der Waals surface area contributed by atoms with E-state index in [0.717, 1.165) is 27.5 Å². The Morgan fingerprint density at radius 2 is 1.17 bits per heavy atom. The molecule has 3 nitrogen and oxygen atoms in total. The summed E-state index contributed by atoms with van der Waals surface area (Å²) >= 11 is 1.88. The highest BCUT2D eigenvalue weighted by atomic mass is 32.1. The topological polar surface area (TPSA) is 14.2 Å². The molecule has 0 radical (unpaired) electrons. The molecule has 42 heavy (non-hydrogen) atoms. The molecule has 3 aromatic heterocycles. The van der Waals surface area contributed by atoms with Gasteiger partial charge in [-0.05, 0) is 72.5 Å². The van der Waals surface area contributed by atoms with Gasteiger partial charge in [0.2, 0.25) is 0 Å². The summed E-state index contributed by atoms with van der Waals surface area (Å²) in [5, 5.41) is 7.18. The number of aryl methyl sites for hydroxylation is 1. The first kappa shape index (κ1) is 23.3. The van der Waals surface area contributed by atoms with E-state index in [4.69, 9.17) is 6.57 Å². The number of rotatable bonds is 2. The van der Waals surface area contributed by atoms with Gasteiger partial charge in [0.15, 0.2) is 5.69 Å². The van der Waals surface area contributed by atoms with E-state index in [1.807, 2.05) is 23.5 Å². The van der Waals surface area contributed by atoms with E-state index in [0.29, 0.717) is 5.69 Å². The Morgan fingerprint density at radius 3 is 2.00 bits per heavy atom. The summed E-state index contributed by atoms with van der Waals surface area (Å²) in [6.45, 7) is 10.0. The standard InChI is InChI=1S/C38H23N3S/c1-23-9-7-12-27-30-22-25(18-20-36(30)42-38(23)27)40-32-14-5-3-10-26(32)29-21-24(17-19-34(29)40)41-33-15-6-4-11-28(33)37-31(39-2)13-8-16-35(37)41/h3-22H,1H3. The van der Waals surface area contributed by atoms with Crippen LogP contribution in [0.4, 0.5) is 5.69 Å². The molecule has 0 amide bonds. The molecule has 0 saturated carbocycles. The first-order valence-electron chi connectivity index (χ1n) is 14.1. The van der Waals surface area contributed by atoms with Gasteiger partial charge in [-0.2, -0.15) is 0 Å². The fourth-order valence-corrected chi connectivity index (χ4v) is 7.97. The van der Waals surface area contributed by atoms with Crippen LogP contribution in [0.2, 0.25) is 0 Å². The van der Waals surface area contributed by atoms with E-state index in [-0.39, 0.29) is 0 Å². The van der Waals surface area contributed by atoms with Crippen LogP contribution < -0.4 is 0 Å². The van der Waals surface area contributed by atoms with Gasteiger partial charge in [-0.1, -0.05) is 66.7 Å². The lowest BCUT2D eigenvalue weighted by Crippen LogP contribution is -1.95. The lowest BCUT2D eigenvalue weighted by atomic mass is 10.1. The van der Waals surface area contributed by atoms with Crippen molar-refractivity contribution in [2.75, 3.05) is 0 Å². The van der Waals surface area contributed by atoms with Crippen molar-refractivity contribution in [1.29, 1.82) is 0 Å². The van der Waals surface area contributed by atoms with Crippen molar-refractivity contribution in [3.05, 3.63) is 138 Å². The van der Waals surface area contributed by atoms with Gasteiger partial charge in [0.25, 0.3) is 0 Å². The molecular formula is C38H23N3S. The van der Waals surface area contributed by atoms with Crippen molar-refractivity contribution >= 4 is 80.8 Å². The number of aromatic nitrogens is 2. The zero-order valence-electron chi connectivity index (χ0n) is 22.8. The Bertz CT molecular complexity index is 2600. The number of fused-ring (bicyclic) bond motifs is 9. The van der Waals surface area contributed by atoms with E-state index in [1.54, 1.807) is 0 Å². The lowest BCUT2D eigenvalue weighted by molar-refractivity contribution is 1.17. The monoisotopic (exact) mass is 553 g/mol. The predicted molar refractivity (Wildman–Crippen MR) is 179 cm³/mol. The average Bonchev–Trinajstić information content (AvgIpc) is 3.69. The fraction of sp³-hybridized carbons (Fsp3) is 0.0263. The van der Waals surface area contributed by atoms with Crippen LogP contribution >= 0.6 is 11.3 Å². The Kier molecular flexibility index (Phi) is 4.76. The number of para-hydroxylation sites is 2. The lowest BCUT2D eigenvalue weighted by Gasteiger charge is -2.11. The summed E-state index contributed by atoms with van der Waals surface area (Å²) in [4.78, 5) is 3.86. The highest BCUT2D eigenvalue weighted by Crippen LogP contribution is 2.41. The van der Waals surface area contributed by atoms with Crippen LogP contribution in [0.3, 0.4) is 0 Å². The van der Waals surface area contributed by atoms with E-state index < -0.39 is 0 Å². The number of benzene rings is 6. The van der Waals surface area contributed by atoms with Gasteiger partial charge in [-0.3, -0.25) is 0 Å². The van der Waals surface area contributed by atoms with Gasteiger partial charge in [0, 0.05) is 53.2 Å². The number of thiophene rings is 1. The maximum atomic E-state index is 7.81. The molecule has 9 rings (SSSR count). The van der Waals surface area contributed by atoms with Crippen LogP contribution in [-0.2, 0) is 0 Å². The number of hydrogen-bond acceptors (Lipinski definition) is 1. The molecule has 0 spiro atoms. The summed E-state index contributed by atoms with van der Waals surface area (Å²) in [5.74, 6) is 0. The third-order valence-electron chi connectivity index (χ3n) is 8.65. The Balaban J connectivity index is 1.34. The molecule has 0 bridgehead atoms. The van der Waals surface area contributed by atoms with Crippen LogP contribution in [0.25, 0.3) is 80.0 Å². The fourth-order valence-electron chi connectivity index (χ4n) is 6.82. The molecule has 0 aliphatic carbocycles. The quantitative estimate of drug-likeness (QED) is 0.189. The Labute approximate surface area is 245 Å². The van der Waals surface area contributed by atoms with Crippen LogP contribution in [-0.4, -0.2) is 9.13 Å². The zero-order chi connectivity index (χ0) is 27.9. The summed E-state index contributed by atoms with van der Waals surface area (Å²) in [6.07, 6.45) is 0. The summed E-state index contributed by atoms with van der Waals surface area (Å²) < 4.78 is 7.38. The molecule has 0 aliphatic heterocycles. The van der Waals surface area contributed by atoms with Crippen molar-refractivity contribution in [2.45, 2.75) is 6.92 Å². The van der Waals surface area contributed by atoms with Crippen molar-refractivity contribution < 1.29 is 0 Å². The van der Waals surface area contributed by atoms with Crippen molar-refractivity contribution in [3.63, 3.8) is 0 Å². The Hall–Kier alpha value is -5.37. The molecule has 0 atom stereocenters. The maximum absolute atomic E-state index is 7.81. The van der Waals surface area contributed by atoms with Crippen LogP contribution in [0.1, 0.15) is 5.56 Å². The van der Waals surface area contributed by atoms with Crippen LogP contribution in [0, 0.1) is 13.5 Å². The molecule has 3 heterocycles. The predicted octanol–water partition coefficient (Wildman–Crippen LogP) is 11.1. The SMILES string of the molecule is [C-]#[N+]c1cccc2c1c1ccccc1n2-c1ccc2c(c1)c1ccccc1n2-c1ccc2sc3c(C)cccc3c2c1. The highest BCUT2D eigenvalue weighted by Gasteiger charge is 2.18. The van der Waals surface area contributed by atoms with Gasteiger partial charge >= 0.3 is 0 Å². The minimum atomic E-state index is 0.687. The van der Waals surface area contributed by atoms with Crippen LogP contribution in [0.15, 0.2) is 121 Å².